The second-order valence-electron chi connectivity index (χ2n) is 17.7. The van der Waals surface area contributed by atoms with E-state index in [-0.39, 0.29) is 95.8 Å². The Morgan fingerprint density at radius 2 is 1.03 bits per heavy atom. The van der Waals surface area contributed by atoms with Crippen LogP contribution in [0.2, 0.25) is 0 Å². The summed E-state index contributed by atoms with van der Waals surface area (Å²) in [5, 5.41) is 10.8. The van der Waals surface area contributed by atoms with Gasteiger partial charge in [-0.25, -0.2) is 0 Å². The molecule has 2 unspecified atom stereocenters. The molecule has 0 radical (unpaired) electrons. The van der Waals surface area contributed by atoms with Crippen molar-refractivity contribution < 1.29 is 64.7 Å². The molecule has 5 heterocycles. The Morgan fingerprint density at radius 3 is 1.42 bits per heavy atom. The van der Waals surface area contributed by atoms with Crippen LogP contribution in [0, 0.1) is 25.2 Å². The zero-order valence-corrected chi connectivity index (χ0v) is 43.9. The van der Waals surface area contributed by atoms with E-state index < -0.39 is 11.9 Å². The summed E-state index contributed by atoms with van der Waals surface area (Å²) in [6, 6.07) is 20.5. The smallest absolute Gasteiger partial charge is 1.00 e. The Hall–Kier alpha value is -0.714. The van der Waals surface area contributed by atoms with E-state index in [4.69, 9.17) is 42.6 Å². The first-order chi connectivity index (χ1) is 29.7. The predicted molar refractivity (Wildman–Crippen MR) is 251 cm³/mol. The molecule has 5 saturated heterocycles. The third kappa shape index (κ3) is 17.7. The van der Waals surface area contributed by atoms with Crippen molar-refractivity contribution in [2.45, 2.75) is 193 Å². The van der Waals surface area contributed by atoms with Crippen molar-refractivity contribution >= 4 is 23.1 Å². The summed E-state index contributed by atoms with van der Waals surface area (Å²) >= 11 is 0. The maximum atomic E-state index is 10.8. The number of hydrogen-bond donors (Lipinski definition) is 1. The van der Waals surface area contributed by atoms with Crippen molar-refractivity contribution in [3.05, 3.63) is 79.2 Å². The van der Waals surface area contributed by atoms with Crippen molar-refractivity contribution in [2.75, 3.05) is 39.6 Å². The Balaban J connectivity index is 0.000000379. The average molecular weight is 974 g/mol. The summed E-state index contributed by atoms with van der Waals surface area (Å²) in [4.78, 5) is 0. The van der Waals surface area contributed by atoms with E-state index >= 15 is 0 Å². The zero-order chi connectivity index (χ0) is 43.5. The van der Waals surface area contributed by atoms with Crippen LogP contribution >= 0.6 is 0 Å². The molecule has 5 aliphatic heterocycles. The van der Waals surface area contributed by atoms with E-state index in [1.807, 2.05) is 24.3 Å². The molecule has 362 valence electrons. The van der Waals surface area contributed by atoms with Gasteiger partial charge in [-0.15, -0.1) is 0 Å². The third-order valence-corrected chi connectivity index (χ3v) is 13.8. The first kappa shape index (κ1) is 59.4. The van der Waals surface area contributed by atoms with Crippen LogP contribution in [0.5, 0.6) is 0 Å². The molecule has 7 rings (SSSR count). The molecule has 10 atom stereocenters. The molecule has 10 nitrogen and oxygen atoms in total. The molecule has 0 amide bonds. The number of benzene rings is 2. The molecule has 1 N–H and O–H groups in total. The van der Waals surface area contributed by atoms with Crippen LogP contribution < -0.4 is 17.0 Å². The topological polar surface area (TPSA) is 103 Å². The van der Waals surface area contributed by atoms with Gasteiger partial charge in [0.25, 0.3) is 0 Å². The van der Waals surface area contributed by atoms with Gasteiger partial charge in [-0.1, -0.05) is 116 Å². The third-order valence-electron chi connectivity index (χ3n) is 13.8. The van der Waals surface area contributed by atoms with Gasteiger partial charge in [-0.05, 0) is 80.8 Å². The molecule has 5 aliphatic rings. The Morgan fingerprint density at radius 1 is 0.609 bits per heavy atom. The van der Waals surface area contributed by atoms with Crippen molar-refractivity contribution in [3.63, 3.8) is 0 Å². The van der Waals surface area contributed by atoms with Crippen molar-refractivity contribution in [1.29, 1.82) is 0 Å². The molecule has 5 fully saturated rings. The molecular weight excluding hydrogens is 889 g/mol. The Labute approximate surface area is 415 Å². The summed E-state index contributed by atoms with van der Waals surface area (Å²) in [6.45, 7) is 21.1. The van der Waals surface area contributed by atoms with E-state index in [2.05, 4.69) is 84.9 Å². The van der Waals surface area contributed by atoms with E-state index in [0.29, 0.717) is 51.3 Å². The van der Waals surface area contributed by atoms with Gasteiger partial charge in [0.05, 0.1) is 69.2 Å². The van der Waals surface area contributed by atoms with E-state index in [1.165, 1.54) is 24.0 Å². The fourth-order valence-electron chi connectivity index (χ4n) is 9.80. The van der Waals surface area contributed by atoms with Crippen molar-refractivity contribution in [1.82, 2.24) is 0 Å². The first-order valence-electron chi connectivity index (χ1n) is 24.1. The maximum absolute atomic E-state index is 10.8. The molecule has 2 aromatic rings. The molecule has 0 aromatic heterocycles. The van der Waals surface area contributed by atoms with Crippen LogP contribution in [0.15, 0.2) is 60.7 Å². The van der Waals surface area contributed by atoms with Gasteiger partial charge in [0.2, 0.25) is 0 Å². The fraction of sp³-hybridized carbons (Fsp3) is 0.750. The van der Waals surface area contributed by atoms with Crippen molar-refractivity contribution in [3.8, 4) is 0 Å². The largest absolute Gasteiger partial charge is 2.00 e. The normalized spacial score (nSPS) is 29.9. The van der Waals surface area contributed by atoms with Gasteiger partial charge >= 0.3 is 23.1 Å². The molecule has 2 aromatic carbocycles. The first-order valence-corrected chi connectivity index (χ1v) is 24.1. The maximum Gasteiger partial charge on any atom is 2.00 e. The molecule has 0 saturated carbocycles. The van der Waals surface area contributed by atoms with Gasteiger partial charge < -0.3 is 72.1 Å². The minimum atomic E-state index is -0.455. The van der Waals surface area contributed by atoms with Gasteiger partial charge in [-0.3, -0.25) is 0 Å². The zero-order valence-electron chi connectivity index (χ0n) is 40.9. The van der Waals surface area contributed by atoms with Gasteiger partial charge in [0, 0.05) is 45.2 Å². The van der Waals surface area contributed by atoms with E-state index in [1.54, 1.807) is 0 Å². The van der Waals surface area contributed by atoms with Crippen LogP contribution in [-0.4, -0.2) is 122 Å². The van der Waals surface area contributed by atoms with E-state index in [9.17, 15) is 5.11 Å². The van der Waals surface area contributed by atoms with Crippen LogP contribution in [0.3, 0.4) is 0 Å². The number of rotatable bonds is 20. The summed E-state index contributed by atoms with van der Waals surface area (Å²) in [7, 11) is 0. The fourth-order valence-corrected chi connectivity index (χ4v) is 9.80. The van der Waals surface area contributed by atoms with Crippen LogP contribution in [0.4, 0.5) is 0 Å². The van der Waals surface area contributed by atoms with Crippen molar-refractivity contribution in [2.24, 2.45) is 17.8 Å². The predicted octanol–water partition coefficient (Wildman–Crippen LogP) is 7.28. The number of ether oxygens (including phenoxy) is 9. The molecule has 64 heavy (non-hydrogen) atoms. The van der Waals surface area contributed by atoms with Gasteiger partial charge in [0.15, 0.2) is 11.6 Å². The minimum Gasteiger partial charge on any atom is -1.00 e. The van der Waals surface area contributed by atoms with Crippen LogP contribution in [0.25, 0.3) is 0 Å². The molecule has 0 aliphatic carbocycles. The number of aliphatic hydroxyl groups excluding tert-OH is 1. The summed E-state index contributed by atoms with van der Waals surface area (Å²) in [6.07, 6.45) is 11.5. The second-order valence-corrected chi connectivity index (χ2v) is 17.7. The van der Waals surface area contributed by atoms with Gasteiger partial charge in [0.1, 0.15) is 0 Å². The SMILES string of the molecule is C1CCOC1.CC[C@@H]1[C@@H](C)[C@@H](CC2COC(CC)(CC)O2)O[C@H]1CCOCc1ccccc1.CC[C@@H]1[C@@H](O)[C@@H](CC2COC(CC)(CC)O2)O[C@H]1CCOCc1ccccc1.[Br-].[CH3-].[Mg+2]. The monoisotopic (exact) mass is 973 g/mol. The molecule has 0 spiro atoms. The summed E-state index contributed by atoms with van der Waals surface area (Å²) < 4.78 is 53.8. The standard InChI is InChI=1S/C24H38O4.C23H36O5.C4H8O.CH3.BrH.Mg/c1-5-21-18(4)23(15-20-17-26-24(6-2,7-3)28-20)27-22(21)13-14-25-16-19-11-9-8-10-12-19;1-4-19-20(12-13-25-15-17-10-8-7-9-11-17)27-21(22(19)24)14-18-16-26-23(5-2,6-3)28-18;1-2-4-5-3-1;;;/h8-12,18,20-23H,5-7,13-17H2,1-4H3;7-11,18-22,24H,4-6,12-16H2,1-3H3;1-4H2;1H3;1H;/q;;;-1;;+2/p-1/t18-,20?,21-,22+,23-;18?,19-,20-,21+,22+;;;;/m10..../s1. The minimum absolute atomic E-state index is 0. The summed E-state index contributed by atoms with van der Waals surface area (Å²) in [5.74, 6) is 0.459. The van der Waals surface area contributed by atoms with Crippen LogP contribution in [-0.2, 0) is 55.8 Å². The summed E-state index contributed by atoms with van der Waals surface area (Å²) in [5.41, 5.74) is 2.40. The average Bonchev–Trinajstić information content (AvgIpc) is 4.16. The van der Waals surface area contributed by atoms with Crippen LogP contribution in [0.1, 0.15) is 137 Å². The van der Waals surface area contributed by atoms with Gasteiger partial charge in [-0.2, -0.15) is 0 Å². The van der Waals surface area contributed by atoms with E-state index in [0.717, 1.165) is 77.6 Å². The number of hydrogen-bond acceptors (Lipinski definition) is 10. The number of halogens is 1. The molecule has 0 bridgehead atoms. The quantitative estimate of drug-likeness (QED) is 0.0828. The Kier molecular flexibility index (Phi) is 29.2. The second kappa shape index (κ2) is 31.4. The molecular formula is C52H85BrMgO10. The Bertz CT molecular complexity index is 1340. The molecule has 12 heteroatoms. The number of aliphatic hydroxyl groups is 1.